The minimum absolute atomic E-state index is 0.476. The van der Waals surface area contributed by atoms with Crippen LogP contribution in [0.25, 0.3) is 0 Å². The summed E-state index contributed by atoms with van der Waals surface area (Å²) in [5.41, 5.74) is 0. The van der Waals surface area contributed by atoms with Crippen LogP contribution in [-0.4, -0.2) is 38.8 Å². The molecule has 2 N–H and O–H groups in total. The van der Waals surface area contributed by atoms with Gasteiger partial charge in [0.2, 0.25) is 0 Å². The first kappa shape index (κ1) is 19.2. The molecule has 0 bridgehead atoms. The van der Waals surface area contributed by atoms with E-state index in [1.54, 1.807) is 7.11 Å². The molecule has 0 aromatic heterocycles. The van der Waals surface area contributed by atoms with Gasteiger partial charge in [0, 0.05) is 32.8 Å². The van der Waals surface area contributed by atoms with E-state index in [4.69, 9.17) is 4.74 Å². The summed E-state index contributed by atoms with van der Waals surface area (Å²) in [6, 6.07) is 0.476. The monoisotopic (exact) mass is 285 g/mol. The van der Waals surface area contributed by atoms with E-state index in [1.165, 1.54) is 19.3 Å². The number of ether oxygens (including phenoxy) is 1. The van der Waals surface area contributed by atoms with E-state index in [1.807, 2.05) is 0 Å². The molecule has 0 aromatic carbocycles. The van der Waals surface area contributed by atoms with E-state index in [2.05, 4.69) is 43.3 Å². The zero-order valence-corrected chi connectivity index (χ0v) is 14.2. The first-order valence-electron chi connectivity index (χ1n) is 8.13. The molecular weight excluding hydrogens is 250 g/mol. The topological polar surface area (TPSA) is 45.7 Å². The van der Waals surface area contributed by atoms with Gasteiger partial charge in [-0.2, -0.15) is 0 Å². The molecule has 0 fully saturated rings. The molecule has 0 spiro atoms. The molecule has 0 saturated heterocycles. The fraction of sp³-hybridized carbons (Fsp3) is 0.938. The lowest BCUT2D eigenvalue weighted by Crippen LogP contribution is -2.42. The second-order valence-electron chi connectivity index (χ2n) is 5.83. The predicted molar refractivity (Wildman–Crippen MR) is 88.4 cm³/mol. The van der Waals surface area contributed by atoms with Crippen LogP contribution in [0.15, 0.2) is 4.99 Å². The molecular formula is C16H35N3O. The van der Waals surface area contributed by atoms with Gasteiger partial charge < -0.3 is 15.4 Å². The molecule has 0 aromatic rings. The quantitative estimate of drug-likeness (QED) is 0.348. The number of guanidine groups is 1. The summed E-state index contributed by atoms with van der Waals surface area (Å²) >= 11 is 0. The molecule has 0 heterocycles. The zero-order chi connectivity index (χ0) is 15.2. The lowest BCUT2D eigenvalue weighted by atomic mass is 10.0. The minimum atomic E-state index is 0.476. The van der Waals surface area contributed by atoms with Gasteiger partial charge in [0.25, 0.3) is 0 Å². The van der Waals surface area contributed by atoms with Crippen molar-refractivity contribution in [2.24, 2.45) is 10.9 Å². The molecule has 1 atom stereocenters. The number of hydrogen-bond acceptors (Lipinski definition) is 2. The number of rotatable bonds is 11. The summed E-state index contributed by atoms with van der Waals surface area (Å²) in [4.78, 5) is 4.63. The molecule has 0 aliphatic heterocycles. The van der Waals surface area contributed by atoms with Crippen molar-refractivity contribution in [3.8, 4) is 0 Å². The third kappa shape index (κ3) is 12.3. The minimum Gasteiger partial charge on any atom is -0.385 e. The predicted octanol–water partition coefficient (Wildman–Crippen LogP) is 3.18. The van der Waals surface area contributed by atoms with Crippen molar-refractivity contribution >= 4 is 5.96 Å². The van der Waals surface area contributed by atoms with Gasteiger partial charge in [-0.25, -0.2) is 0 Å². The highest BCUT2D eigenvalue weighted by atomic mass is 16.5. The lowest BCUT2D eigenvalue weighted by molar-refractivity contribution is 0.192. The Morgan fingerprint density at radius 1 is 1.10 bits per heavy atom. The van der Waals surface area contributed by atoms with Crippen molar-refractivity contribution in [3.05, 3.63) is 0 Å². The molecule has 0 saturated carbocycles. The van der Waals surface area contributed by atoms with Gasteiger partial charge in [0.1, 0.15) is 0 Å². The molecule has 0 aliphatic rings. The highest BCUT2D eigenvalue weighted by molar-refractivity contribution is 5.79. The SMILES string of the molecule is CCNC(=NCCCCCOC)NC(C)CCC(C)C. The van der Waals surface area contributed by atoms with Crippen molar-refractivity contribution in [2.75, 3.05) is 26.8 Å². The summed E-state index contributed by atoms with van der Waals surface area (Å²) in [7, 11) is 1.75. The number of aliphatic imine (C=N–C) groups is 1. The second kappa shape index (κ2) is 13.2. The van der Waals surface area contributed by atoms with Crippen molar-refractivity contribution in [1.82, 2.24) is 10.6 Å². The van der Waals surface area contributed by atoms with Crippen LogP contribution in [0.1, 0.15) is 59.8 Å². The van der Waals surface area contributed by atoms with Gasteiger partial charge in [-0.1, -0.05) is 13.8 Å². The van der Waals surface area contributed by atoms with E-state index in [0.717, 1.165) is 44.4 Å². The van der Waals surface area contributed by atoms with Crippen molar-refractivity contribution in [2.45, 2.75) is 65.8 Å². The van der Waals surface area contributed by atoms with Crippen LogP contribution >= 0.6 is 0 Å². The van der Waals surface area contributed by atoms with Gasteiger partial charge in [-0.05, 0) is 51.9 Å². The third-order valence-electron chi connectivity index (χ3n) is 3.18. The number of methoxy groups -OCH3 is 1. The fourth-order valence-electron chi connectivity index (χ4n) is 1.93. The first-order chi connectivity index (χ1) is 9.60. The summed E-state index contributed by atoms with van der Waals surface area (Å²) in [5, 5.41) is 6.81. The van der Waals surface area contributed by atoms with Gasteiger partial charge in [-0.15, -0.1) is 0 Å². The molecule has 0 radical (unpaired) electrons. The summed E-state index contributed by atoms with van der Waals surface area (Å²) < 4.78 is 5.05. The maximum atomic E-state index is 5.05. The van der Waals surface area contributed by atoms with Crippen LogP contribution in [-0.2, 0) is 4.74 Å². The van der Waals surface area contributed by atoms with Crippen molar-refractivity contribution < 1.29 is 4.74 Å². The summed E-state index contributed by atoms with van der Waals surface area (Å²) in [6.07, 6.45) is 5.88. The van der Waals surface area contributed by atoms with Crippen LogP contribution in [0, 0.1) is 5.92 Å². The number of hydrogen-bond donors (Lipinski definition) is 2. The number of nitrogens with zero attached hydrogens (tertiary/aromatic N) is 1. The molecule has 0 rings (SSSR count). The van der Waals surface area contributed by atoms with Crippen LogP contribution in [0.4, 0.5) is 0 Å². The molecule has 4 nitrogen and oxygen atoms in total. The Hall–Kier alpha value is -0.770. The van der Waals surface area contributed by atoms with E-state index >= 15 is 0 Å². The van der Waals surface area contributed by atoms with Crippen LogP contribution in [0.5, 0.6) is 0 Å². The highest BCUT2D eigenvalue weighted by Gasteiger charge is 2.05. The molecule has 0 aliphatic carbocycles. The van der Waals surface area contributed by atoms with E-state index < -0.39 is 0 Å². The number of nitrogens with one attached hydrogen (secondary N) is 2. The van der Waals surface area contributed by atoms with E-state index in [9.17, 15) is 0 Å². The normalized spacial score (nSPS) is 13.6. The Balaban J connectivity index is 3.94. The molecule has 120 valence electrons. The Morgan fingerprint density at radius 2 is 1.85 bits per heavy atom. The second-order valence-corrected chi connectivity index (χ2v) is 5.83. The molecule has 1 unspecified atom stereocenters. The largest absolute Gasteiger partial charge is 0.385 e. The van der Waals surface area contributed by atoms with Gasteiger partial charge in [0.15, 0.2) is 5.96 Å². The van der Waals surface area contributed by atoms with Crippen LogP contribution < -0.4 is 10.6 Å². The highest BCUT2D eigenvalue weighted by Crippen LogP contribution is 2.06. The smallest absolute Gasteiger partial charge is 0.191 e. The average molecular weight is 285 g/mol. The van der Waals surface area contributed by atoms with E-state index in [-0.39, 0.29) is 0 Å². The van der Waals surface area contributed by atoms with Crippen molar-refractivity contribution in [3.63, 3.8) is 0 Å². The Bertz CT molecular complexity index is 242. The maximum Gasteiger partial charge on any atom is 0.191 e. The first-order valence-corrected chi connectivity index (χ1v) is 8.13. The lowest BCUT2D eigenvalue weighted by Gasteiger charge is -2.18. The Labute approximate surface area is 125 Å². The molecule has 20 heavy (non-hydrogen) atoms. The maximum absolute atomic E-state index is 5.05. The average Bonchev–Trinajstić information content (AvgIpc) is 2.40. The van der Waals surface area contributed by atoms with E-state index in [0.29, 0.717) is 6.04 Å². The molecule has 4 heteroatoms. The van der Waals surface area contributed by atoms with Gasteiger partial charge in [0.05, 0.1) is 0 Å². The Morgan fingerprint density at radius 3 is 2.45 bits per heavy atom. The van der Waals surface area contributed by atoms with Crippen LogP contribution in [0.3, 0.4) is 0 Å². The zero-order valence-electron chi connectivity index (χ0n) is 14.2. The van der Waals surface area contributed by atoms with Crippen LogP contribution in [0.2, 0.25) is 0 Å². The Kier molecular flexibility index (Phi) is 12.7. The third-order valence-corrected chi connectivity index (χ3v) is 3.18. The fourth-order valence-corrected chi connectivity index (χ4v) is 1.93. The van der Waals surface area contributed by atoms with Crippen molar-refractivity contribution in [1.29, 1.82) is 0 Å². The summed E-state index contributed by atoms with van der Waals surface area (Å²) in [5.74, 6) is 1.72. The number of unbranched alkanes of at least 4 members (excludes halogenated alkanes) is 2. The standard InChI is InChI=1S/C16H35N3O/c1-6-17-16(18-12-8-7-9-13-20-5)19-15(4)11-10-14(2)3/h14-15H,6-13H2,1-5H3,(H2,17,18,19). The van der Waals surface area contributed by atoms with Gasteiger partial charge in [-0.3, -0.25) is 4.99 Å². The van der Waals surface area contributed by atoms with Gasteiger partial charge >= 0.3 is 0 Å². The summed E-state index contributed by atoms with van der Waals surface area (Å²) in [6.45, 7) is 11.5. The molecule has 0 amide bonds.